The number of amides is 1. The molecule has 1 aliphatic heterocycles. The molecule has 2 N–H and O–H groups in total. The molecule has 1 aromatic heterocycles. The molecule has 136 valence electrons. The van der Waals surface area contributed by atoms with Gasteiger partial charge in [0.05, 0.1) is 11.3 Å². The fraction of sp³-hybridized carbons (Fsp3) is 0.471. The Hall–Kier alpha value is -1.57. The van der Waals surface area contributed by atoms with Crippen LogP contribution in [0.5, 0.6) is 0 Å². The number of hydrogen-bond donors (Lipinski definition) is 2. The summed E-state index contributed by atoms with van der Waals surface area (Å²) in [6.07, 6.45) is 1.08. The Morgan fingerprint density at radius 2 is 2.24 bits per heavy atom. The molecule has 1 aliphatic rings. The zero-order chi connectivity index (χ0) is 16.9. The van der Waals surface area contributed by atoms with Crippen LogP contribution in [0.3, 0.4) is 0 Å². The van der Waals surface area contributed by atoms with Gasteiger partial charge in [-0.15, -0.1) is 24.2 Å². The zero-order valence-corrected chi connectivity index (χ0v) is 16.0. The maximum Gasteiger partial charge on any atom is 0.252 e. The third-order valence-electron chi connectivity index (χ3n) is 4.20. The van der Waals surface area contributed by atoms with Crippen molar-refractivity contribution >= 4 is 30.1 Å². The van der Waals surface area contributed by atoms with Crippen molar-refractivity contribution in [3.8, 4) is 0 Å². The molecule has 0 aliphatic carbocycles. The Balaban J connectivity index is 0.00000225. The topological polar surface area (TPSA) is 80.0 Å². The number of thioether (sulfide) groups is 1. The Labute approximate surface area is 157 Å². The van der Waals surface area contributed by atoms with E-state index in [1.165, 1.54) is 11.8 Å². The van der Waals surface area contributed by atoms with E-state index in [1.54, 1.807) is 6.92 Å². The number of nitrogens with one attached hydrogen (secondary N) is 2. The monoisotopic (exact) mass is 382 g/mol. The molecule has 1 amide bonds. The number of aromatic nitrogens is 2. The number of hydrogen-bond acceptors (Lipinski definition) is 6. The average Bonchev–Trinajstić information content (AvgIpc) is 3.01. The van der Waals surface area contributed by atoms with Gasteiger partial charge >= 0.3 is 0 Å². The highest BCUT2D eigenvalue weighted by Crippen LogP contribution is 2.26. The predicted octanol–water partition coefficient (Wildman–Crippen LogP) is 2.82. The van der Waals surface area contributed by atoms with Crippen molar-refractivity contribution < 1.29 is 9.32 Å². The van der Waals surface area contributed by atoms with Gasteiger partial charge in [0.25, 0.3) is 5.91 Å². The second-order valence-electron chi connectivity index (χ2n) is 6.07. The lowest BCUT2D eigenvalue weighted by Crippen LogP contribution is -2.50. The van der Waals surface area contributed by atoms with Crippen molar-refractivity contribution in [3.63, 3.8) is 0 Å². The molecule has 2 heterocycles. The van der Waals surface area contributed by atoms with Crippen LogP contribution in [0.25, 0.3) is 0 Å². The van der Waals surface area contributed by atoms with Crippen molar-refractivity contribution in [2.75, 3.05) is 13.1 Å². The smallest absolute Gasteiger partial charge is 0.252 e. The van der Waals surface area contributed by atoms with Crippen LogP contribution >= 0.6 is 24.2 Å². The number of carbonyl (C=O) groups excluding carboxylic acids is 1. The van der Waals surface area contributed by atoms with E-state index in [-0.39, 0.29) is 24.4 Å². The first-order valence-electron chi connectivity index (χ1n) is 8.16. The molecule has 8 heteroatoms. The van der Waals surface area contributed by atoms with Gasteiger partial charge in [0, 0.05) is 17.5 Å². The fourth-order valence-electron chi connectivity index (χ4n) is 2.75. The molecule has 1 saturated heterocycles. The van der Waals surface area contributed by atoms with Gasteiger partial charge in [-0.2, -0.15) is 4.98 Å². The minimum atomic E-state index is -0.0274. The van der Waals surface area contributed by atoms with E-state index in [2.05, 4.69) is 27.7 Å². The molecule has 0 bridgehead atoms. The molecule has 1 fully saturated rings. The molecule has 2 unspecified atom stereocenters. The minimum Gasteiger partial charge on any atom is -0.348 e. The molecule has 0 saturated carbocycles. The van der Waals surface area contributed by atoms with Crippen molar-refractivity contribution in [2.24, 2.45) is 5.92 Å². The Morgan fingerprint density at radius 1 is 1.44 bits per heavy atom. The molecule has 1 aromatic carbocycles. The van der Waals surface area contributed by atoms with Crippen LogP contribution in [0.1, 0.15) is 35.4 Å². The van der Waals surface area contributed by atoms with Crippen molar-refractivity contribution in [3.05, 3.63) is 41.5 Å². The normalized spacial score (nSPS) is 19.9. The Morgan fingerprint density at radius 3 is 2.96 bits per heavy atom. The molecule has 2 aromatic rings. The second-order valence-corrected chi connectivity index (χ2v) is 7.09. The van der Waals surface area contributed by atoms with Crippen molar-refractivity contribution in [1.82, 2.24) is 20.8 Å². The number of piperidine rings is 1. The summed E-state index contributed by atoms with van der Waals surface area (Å²) >= 11 is 1.53. The highest BCUT2D eigenvalue weighted by Gasteiger charge is 2.24. The van der Waals surface area contributed by atoms with Gasteiger partial charge < -0.3 is 15.2 Å². The van der Waals surface area contributed by atoms with Gasteiger partial charge in [0.15, 0.2) is 5.82 Å². The van der Waals surface area contributed by atoms with Crippen molar-refractivity contribution in [1.29, 1.82) is 0 Å². The van der Waals surface area contributed by atoms with Crippen LogP contribution in [-0.4, -0.2) is 35.2 Å². The number of aryl methyl sites for hydroxylation is 1. The molecule has 0 spiro atoms. The van der Waals surface area contributed by atoms with E-state index in [0.717, 1.165) is 24.4 Å². The second kappa shape index (κ2) is 9.22. The summed E-state index contributed by atoms with van der Waals surface area (Å²) in [6, 6.07) is 7.80. The van der Waals surface area contributed by atoms with Gasteiger partial charge in [0.2, 0.25) is 5.89 Å². The van der Waals surface area contributed by atoms with Crippen molar-refractivity contribution in [2.45, 2.75) is 37.0 Å². The third-order valence-corrected chi connectivity index (χ3v) is 5.25. The lowest BCUT2D eigenvalue weighted by molar-refractivity contribution is 0.0912. The summed E-state index contributed by atoms with van der Waals surface area (Å²) in [5.74, 6) is 2.19. The van der Waals surface area contributed by atoms with Crippen LogP contribution < -0.4 is 10.6 Å². The largest absolute Gasteiger partial charge is 0.348 e. The number of rotatable bonds is 5. The van der Waals surface area contributed by atoms with Gasteiger partial charge in [-0.25, -0.2) is 0 Å². The lowest BCUT2D eigenvalue weighted by Gasteiger charge is -2.30. The summed E-state index contributed by atoms with van der Waals surface area (Å²) in [4.78, 5) is 17.8. The summed E-state index contributed by atoms with van der Waals surface area (Å²) in [5, 5.41) is 10.3. The Bertz CT molecular complexity index is 709. The van der Waals surface area contributed by atoms with E-state index in [1.807, 2.05) is 24.3 Å². The average molecular weight is 383 g/mol. The highest BCUT2D eigenvalue weighted by molar-refractivity contribution is 7.98. The predicted molar refractivity (Wildman–Crippen MR) is 100 cm³/mol. The maximum absolute atomic E-state index is 12.7. The Kier molecular flexibility index (Phi) is 7.28. The first-order valence-corrected chi connectivity index (χ1v) is 9.14. The van der Waals surface area contributed by atoms with E-state index >= 15 is 0 Å². The number of benzene rings is 1. The fourth-order valence-corrected chi connectivity index (χ4v) is 3.63. The molecule has 0 radical (unpaired) electrons. The highest BCUT2D eigenvalue weighted by atomic mass is 35.5. The summed E-state index contributed by atoms with van der Waals surface area (Å²) in [6.45, 7) is 5.82. The van der Waals surface area contributed by atoms with Crippen LogP contribution in [-0.2, 0) is 5.75 Å². The maximum atomic E-state index is 12.7. The van der Waals surface area contributed by atoms with Gasteiger partial charge in [0.1, 0.15) is 0 Å². The van der Waals surface area contributed by atoms with Crippen LogP contribution in [0.15, 0.2) is 33.7 Å². The standard InChI is InChI=1S/C17H22N4O2S.ClH/c1-11-7-8-18-9-14(11)20-17(22)13-5-3-4-6-15(13)24-10-16-19-12(2)21-23-16;/h3-6,11,14,18H,7-10H2,1-2H3,(H,20,22);1H. The SMILES string of the molecule is Cc1noc(CSc2ccccc2C(=O)NC2CNCCC2C)n1.Cl. The van der Waals surface area contributed by atoms with Crippen LogP contribution in [0.4, 0.5) is 0 Å². The quantitative estimate of drug-likeness (QED) is 0.774. The van der Waals surface area contributed by atoms with Crippen LogP contribution in [0, 0.1) is 12.8 Å². The zero-order valence-electron chi connectivity index (χ0n) is 14.3. The molecule has 2 atom stereocenters. The van der Waals surface area contributed by atoms with E-state index in [0.29, 0.717) is 28.9 Å². The molecule has 3 rings (SSSR count). The van der Waals surface area contributed by atoms with Gasteiger partial charge in [-0.1, -0.05) is 24.2 Å². The van der Waals surface area contributed by atoms with Gasteiger partial charge in [-0.3, -0.25) is 4.79 Å². The summed E-state index contributed by atoms with van der Waals surface area (Å²) in [5.41, 5.74) is 0.691. The lowest BCUT2D eigenvalue weighted by atomic mass is 9.94. The first-order chi connectivity index (χ1) is 11.6. The van der Waals surface area contributed by atoms with Gasteiger partial charge in [-0.05, 0) is 37.9 Å². The molecule has 25 heavy (non-hydrogen) atoms. The first kappa shape index (κ1) is 19.8. The van der Waals surface area contributed by atoms with E-state index in [4.69, 9.17) is 4.52 Å². The number of nitrogens with zero attached hydrogens (tertiary/aromatic N) is 2. The molecular weight excluding hydrogens is 360 g/mol. The molecule has 6 nitrogen and oxygen atoms in total. The van der Waals surface area contributed by atoms with E-state index in [9.17, 15) is 4.79 Å². The minimum absolute atomic E-state index is 0. The number of carbonyl (C=O) groups is 1. The molecular formula is C17H23ClN4O2S. The number of halogens is 1. The van der Waals surface area contributed by atoms with E-state index < -0.39 is 0 Å². The third kappa shape index (κ3) is 5.20. The summed E-state index contributed by atoms with van der Waals surface area (Å²) < 4.78 is 5.13. The van der Waals surface area contributed by atoms with Crippen LogP contribution in [0.2, 0.25) is 0 Å². The summed E-state index contributed by atoms with van der Waals surface area (Å²) in [7, 11) is 0.